The average Bonchev–Trinajstić information content (AvgIpc) is 2.82. The van der Waals surface area contributed by atoms with Crippen LogP contribution in [-0.2, 0) is 29.1 Å². The summed E-state index contributed by atoms with van der Waals surface area (Å²) >= 11 is 6.48. The maximum atomic E-state index is 12.7. The lowest BCUT2D eigenvalue weighted by molar-refractivity contribution is -0.139. The number of carbonyl (C=O) groups excluding carboxylic acids is 1. The lowest BCUT2D eigenvalue weighted by atomic mass is 9.91. The fourth-order valence-corrected chi connectivity index (χ4v) is 3.96. The highest BCUT2D eigenvalue weighted by Gasteiger charge is 2.25. The van der Waals surface area contributed by atoms with Gasteiger partial charge in [0.25, 0.3) is 0 Å². The van der Waals surface area contributed by atoms with Crippen molar-refractivity contribution < 1.29 is 24.2 Å². The standard InChI is InChI=1S/C25H22ClNO5/c26-23-10-9-19(31-16-24(28)29)13-21(23)20-8-4-7-18-11-12-27(14-22(18)20)25(30)32-15-17-5-2-1-3-6-17/h1-10,13H,11-12,14-16H2,(H,28,29). The number of halogens is 1. The second-order valence-electron chi connectivity index (χ2n) is 7.48. The van der Waals surface area contributed by atoms with Gasteiger partial charge in [-0.05, 0) is 46.9 Å². The van der Waals surface area contributed by atoms with E-state index in [9.17, 15) is 9.59 Å². The molecule has 1 heterocycles. The molecular formula is C25H22ClNO5. The Balaban J connectivity index is 1.55. The maximum Gasteiger partial charge on any atom is 0.410 e. The molecule has 0 bridgehead atoms. The van der Waals surface area contributed by atoms with Crippen LogP contribution in [0.15, 0.2) is 66.7 Å². The summed E-state index contributed by atoms with van der Waals surface area (Å²) in [5, 5.41) is 9.39. The number of hydrogen-bond acceptors (Lipinski definition) is 4. The zero-order valence-corrected chi connectivity index (χ0v) is 18.0. The Morgan fingerprint density at radius 3 is 2.59 bits per heavy atom. The lowest BCUT2D eigenvalue weighted by Crippen LogP contribution is -2.36. The number of benzene rings is 3. The van der Waals surface area contributed by atoms with Crippen LogP contribution in [0.5, 0.6) is 5.75 Å². The minimum absolute atomic E-state index is 0.222. The minimum atomic E-state index is -1.05. The van der Waals surface area contributed by atoms with Gasteiger partial charge in [0, 0.05) is 23.7 Å². The second kappa shape index (κ2) is 9.75. The summed E-state index contributed by atoms with van der Waals surface area (Å²) in [7, 11) is 0. The van der Waals surface area contributed by atoms with E-state index in [0.717, 1.165) is 27.8 Å². The number of carboxylic acids is 1. The molecule has 1 aliphatic rings. The van der Waals surface area contributed by atoms with Gasteiger partial charge >= 0.3 is 12.1 Å². The number of carboxylic acid groups (broad SMARTS) is 1. The number of carbonyl (C=O) groups is 2. The van der Waals surface area contributed by atoms with Gasteiger partial charge in [-0.2, -0.15) is 0 Å². The van der Waals surface area contributed by atoms with Gasteiger partial charge in [-0.3, -0.25) is 0 Å². The van der Waals surface area contributed by atoms with Crippen LogP contribution in [-0.4, -0.2) is 35.2 Å². The lowest BCUT2D eigenvalue weighted by Gasteiger charge is -2.30. The van der Waals surface area contributed by atoms with Gasteiger partial charge in [0.1, 0.15) is 12.4 Å². The molecule has 0 fully saturated rings. The molecular weight excluding hydrogens is 430 g/mol. The van der Waals surface area contributed by atoms with Crippen molar-refractivity contribution in [3.63, 3.8) is 0 Å². The van der Waals surface area contributed by atoms with Crippen LogP contribution in [0.1, 0.15) is 16.7 Å². The van der Waals surface area contributed by atoms with Crippen molar-refractivity contribution in [2.24, 2.45) is 0 Å². The summed E-state index contributed by atoms with van der Waals surface area (Å²) in [5.74, 6) is -0.636. The summed E-state index contributed by atoms with van der Waals surface area (Å²) in [6, 6.07) is 20.6. The molecule has 32 heavy (non-hydrogen) atoms. The van der Waals surface area contributed by atoms with E-state index in [1.807, 2.05) is 48.5 Å². The van der Waals surface area contributed by atoms with Crippen molar-refractivity contribution in [1.82, 2.24) is 4.90 Å². The molecule has 0 spiro atoms. The Morgan fingerprint density at radius 2 is 1.81 bits per heavy atom. The Kier molecular flexibility index (Phi) is 6.61. The molecule has 1 N–H and O–H groups in total. The van der Waals surface area contributed by atoms with Crippen LogP contribution in [0, 0.1) is 0 Å². The van der Waals surface area contributed by atoms with E-state index in [2.05, 4.69) is 0 Å². The molecule has 7 heteroatoms. The van der Waals surface area contributed by atoms with Crippen molar-refractivity contribution in [2.45, 2.75) is 19.6 Å². The van der Waals surface area contributed by atoms with Gasteiger partial charge < -0.3 is 19.5 Å². The first-order valence-electron chi connectivity index (χ1n) is 10.2. The average molecular weight is 452 g/mol. The summed E-state index contributed by atoms with van der Waals surface area (Å²) in [5.41, 5.74) is 4.68. The van der Waals surface area contributed by atoms with Gasteiger partial charge in [-0.15, -0.1) is 0 Å². The van der Waals surface area contributed by atoms with E-state index in [1.54, 1.807) is 23.1 Å². The molecule has 1 aliphatic heterocycles. The molecule has 3 aromatic carbocycles. The molecule has 1 amide bonds. The quantitative estimate of drug-likeness (QED) is 0.559. The highest BCUT2D eigenvalue weighted by atomic mass is 35.5. The van der Waals surface area contributed by atoms with Crippen molar-refractivity contribution in [1.29, 1.82) is 0 Å². The van der Waals surface area contributed by atoms with Gasteiger partial charge in [0.15, 0.2) is 6.61 Å². The number of fused-ring (bicyclic) bond motifs is 1. The molecule has 6 nitrogen and oxygen atoms in total. The molecule has 4 rings (SSSR count). The molecule has 3 aromatic rings. The van der Waals surface area contributed by atoms with Crippen LogP contribution < -0.4 is 4.74 Å². The molecule has 0 radical (unpaired) electrons. The third-order valence-electron chi connectivity index (χ3n) is 5.33. The van der Waals surface area contributed by atoms with E-state index >= 15 is 0 Å². The Bertz CT molecular complexity index is 1130. The smallest absolute Gasteiger partial charge is 0.410 e. The fourth-order valence-electron chi connectivity index (χ4n) is 3.75. The van der Waals surface area contributed by atoms with E-state index in [4.69, 9.17) is 26.2 Å². The Hall–Kier alpha value is -3.51. The van der Waals surface area contributed by atoms with Gasteiger partial charge in [-0.25, -0.2) is 9.59 Å². The number of hydrogen-bond donors (Lipinski definition) is 1. The number of rotatable bonds is 6. The summed E-state index contributed by atoms with van der Waals surface area (Å²) in [6.45, 7) is 0.754. The molecule has 0 saturated heterocycles. The first kappa shape index (κ1) is 21.7. The Morgan fingerprint density at radius 1 is 1.00 bits per heavy atom. The molecule has 0 aromatic heterocycles. The third kappa shape index (κ3) is 5.03. The largest absolute Gasteiger partial charge is 0.482 e. The van der Waals surface area contributed by atoms with Crippen LogP contribution in [0.3, 0.4) is 0 Å². The normalized spacial score (nSPS) is 12.7. The molecule has 0 unspecified atom stereocenters. The first-order valence-corrected chi connectivity index (χ1v) is 10.6. The number of nitrogens with zero attached hydrogens (tertiary/aromatic N) is 1. The van der Waals surface area contributed by atoms with Crippen molar-refractivity contribution >= 4 is 23.7 Å². The molecule has 0 aliphatic carbocycles. The van der Waals surface area contributed by atoms with E-state index < -0.39 is 12.6 Å². The van der Waals surface area contributed by atoms with Crippen molar-refractivity contribution in [3.8, 4) is 16.9 Å². The van der Waals surface area contributed by atoms with E-state index in [0.29, 0.717) is 30.3 Å². The summed E-state index contributed by atoms with van der Waals surface area (Å²) < 4.78 is 10.8. The maximum absolute atomic E-state index is 12.7. The van der Waals surface area contributed by atoms with Gasteiger partial charge in [0.2, 0.25) is 0 Å². The van der Waals surface area contributed by atoms with Crippen molar-refractivity contribution in [2.75, 3.05) is 13.2 Å². The van der Waals surface area contributed by atoms with E-state index in [1.165, 1.54) is 0 Å². The SMILES string of the molecule is O=C(O)COc1ccc(Cl)c(-c2cccc3c2CN(C(=O)OCc2ccccc2)CC3)c1. The minimum Gasteiger partial charge on any atom is -0.482 e. The number of aliphatic carboxylic acids is 1. The zero-order valence-electron chi connectivity index (χ0n) is 17.3. The number of ether oxygens (including phenoxy) is 2. The summed E-state index contributed by atoms with van der Waals surface area (Å²) in [6.07, 6.45) is 0.343. The predicted molar refractivity (Wildman–Crippen MR) is 121 cm³/mol. The van der Waals surface area contributed by atoms with Crippen LogP contribution >= 0.6 is 11.6 Å². The highest BCUT2D eigenvalue weighted by molar-refractivity contribution is 6.33. The van der Waals surface area contributed by atoms with Gasteiger partial charge in [-0.1, -0.05) is 60.1 Å². The monoisotopic (exact) mass is 451 g/mol. The predicted octanol–water partition coefficient (Wildman–Crippen LogP) is 5.17. The van der Waals surface area contributed by atoms with E-state index in [-0.39, 0.29) is 12.7 Å². The Labute approximate surface area is 191 Å². The summed E-state index contributed by atoms with van der Waals surface area (Å²) in [4.78, 5) is 25.2. The fraction of sp³-hybridized carbons (Fsp3) is 0.200. The van der Waals surface area contributed by atoms with Crippen LogP contribution in [0.4, 0.5) is 4.79 Å². The molecule has 0 atom stereocenters. The third-order valence-corrected chi connectivity index (χ3v) is 5.66. The van der Waals surface area contributed by atoms with Crippen molar-refractivity contribution in [3.05, 3.63) is 88.4 Å². The number of amides is 1. The van der Waals surface area contributed by atoms with Crippen LogP contribution in [0.2, 0.25) is 5.02 Å². The van der Waals surface area contributed by atoms with Gasteiger partial charge in [0.05, 0.1) is 0 Å². The molecule has 164 valence electrons. The second-order valence-corrected chi connectivity index (χ2v) is 7.89. The molecule has 0 saturated carbocycles. The zero-order chi connectivity index (χ0) is 22.5. The first-order chi connectivity index (χ1) is 15.5. The topological polar surface area (TPSA) is 76.1 Å². The van der Waals surface area contributed by atoms with Crippen LogP contribution in [0.25, 0.3) is 11.1 Å². The highest BCUT2D eigenvalue weighted by Crippen LogP contribution is 2.37.